The molecule has 0 bridgehead atoms. The van der Waals surface area contributed by atoms with Crippen LogP contribution in [0.15, 0.2) is 45.3 Å². The van der Waals surface area contributed by atoms with E-state index in [2.05, 4.69) is 31.9 Å². The molecule has 2 aliphatic carbocycles. The lowest BCUT2D eigenvalue weighted by Gasteiger charge is -2.36. The highest BCUT2D eigenvalue weighted by molar-refractivity contribution is 9.10. The van der Waals surface area contributed by atoms with E-state index in [9.17, 15) is 19.8 Å². The van der Waals surface area contributed by atoms with Crippen LogP contribution in [0, 0.1) is 5.41 Å². The Balaban J connectivity index is 2.01. The Morgan fingerprint density at radius 3 is 2.21 bits per heavy atom. The SMILES string of the molecule is CC(C)(C)C(=O)O[C@@H]1c2ccc(Br)cc2[C@@]2(O)C(=O)c3ccc(Br)cc3[C@@]12O. The maximum atomic E-state index is 13.2. The largest absolute Gasteiger partial charge is 0.453 e. The van der Waals surface area contributed by atoms with E-state index in [1.807, 2.05) is 0 Å². The number of carbonyl (C=O) groups excluding carboxylic acids is 2. The lowest BCUT2D eigenvalue weighted by Crippen LogP contribution is -2.49. The van der Waals surface area contributed by atoms with Gasteiger partial charge in [-0.25, -0.2) is 0 Å². The summed E-state index contributed by atoms with van der Waals surface area (Å²) in [7, 11) is 0. The Kier molecular flexibility index (Phi) is 4.22. The number of halogens is 2. The minimum absolute atomic E-state index is 0.204. The van der Waals surface area contributed by atoms with Crippen molar-refractivity contribution in [2.24, 2.45) is 5.41 Å². The lowest BCUT2D eigenvalue weighted by molar-refractivity contribution is -0.201. The molecule has 4 rings (SSSR count). The zero-order valence-electron chi connectivity index (χ0n) is 15.4. The van der Waals surface area contributed by atoms with Gasteiger partial charge in [0.05, 0.1) is 5.41 Å². The van der Waals surface area contributed by atoms with Gasteiger partial charge in [-0.1, -0.05) is 37.9 Å². The summed E-state index contributed by atoms with van der Waals surface area (Å²) in [5, 5.41) is 23.4. The first-order valence-electron chi connectivity index (χ1n) is 8.73. The normalized spacial score (nSPS) is 28.0. The van der Waals surface area contributed by atoms with Crippen molar-refractivity contribution in [2.45, 2.75) is 38.1 Å². The van der Waals surface area contributed by atoms with Crippen LogP contribution in [-0.2, 0) is 20.7 Å². The molecule has 2 N–H and O–H groups in total. The molecule has 2 aliphatic rings. The van der Waals surface area contributed by atoms with Gasteiger partial charge in [-0.15, -0.1) is 0 Å². The Morgan fingerprint density at radius 1 is 1.04 bits per heavy atom. The van der Waals surface area contributed by atoms with E-state index in [1.165, 1.54) is 0 Å². The molecule has 5 nitrogen and oxygen atoms in total. The molecular weight excluding hydrogens is 492 g/mol. The minimum atomic E-state index is -2.25. The molecule has 0 aromatic heterocycles. The van der Waals surface area contributed by atoms with Crippen LogP contribution in [0.3, 0.4) is 0 Å². The molecule has 0 unspecified atom stereocenters. The molecule has 7 heteroatoms. The van der Waals surface area contributed by atoms with E-state index in [-0.39, 0.29) is 16.7 Å². The fourth-order valence-corrected chi connectivity index (χ4v) is 4.70. The van der Waals surface area contributed by atoms with Gasteiger partial charge in [-0.05, 0) is 51.1 Å². The van der Waals surface area contributed by atoms with E-state index < -0.39 is 34.5 Å². The van der Waals surface area contributed by atoms with Crippen molar-refractivity contribution >= 4 is 43.6 Å². The fraction of sp³-hybridized carbons (Fsp3) is 0.333. The van der Waals surface area contributed by atoms with Gasteiger partial charge in [0.25, 0.3) is 0 Å². The Bertz CT molecular complexity index is 1040. The van der Waals surface area contributed by atoms with Crippen molar-refractivity contribution in [3.8, 4) is 0 Å². The number of aliphatic hydroxyl groups is 2. The highest BCUT2D eigenvalue weighted by Gasteiger charge is 2.73. The molecule has 146 valence electrons. The Hall–Kier alpha value is -1.54. The maximum Gasteiger partial charge on any atom is 0.311 e. The molecule has 28 heavy (non-hydrogen) atoms. The van der Waals surface area contributed by atoms with Crippen LogP contribution < -0.4 is 0 Å². The van der Waals surface area contributed by atoms with Crippen molar-refractivity contribution in [1.29, 1.82) is 0 Å². The number of Topliss-reactive ketones (excluding diaryl/α,β-unsaturated/α-hetero) is 1. The molecule has 0 saturated carbocycles. The topological polar surface area (TPSA) is 83.8 Å². The number of carbonyl (C=O) groups is 2. The first-order valence-corrected chi connectivity index (χ1v) is 10.3. The van der Waals surface area contributed by atoms with E-state index in [0.717, 1.165) is 0 Å². The summed E-state index contributed by atoms with van der Waals surface area (Å²) in [5.74, 6) is -1.16. The van der Waals surface area contributed by atoms with Crippen molar-refractivity contribution in [3.63, 3.8) is 0 Å². The second kappa shape index (κ2) is 5.98. The van der Waals surface area contributed by atoms with Crippen LogP contribution in [0.4, 0.5) is 0 Å². The second-order valence-corrected chi connectivity index (χ2v) is 10.1. The smallest absolute Gasteiger partial charge is 0.311 e. The monoisotopic (exact) mass is 508 g/mol. The van der Waals surface area contributed by atoms with E-state index >= 15 is 0 Å². The molecule has 0 radical (unpaired) electrons. The van der Waals surface area contributed by atoms with Crippen molar-refractivity contribution in [3.05, 3.63) is 67.6 Å². The van der Waals surface area contributed by atoms with Crippen LogP contribution >= 0.6 is 31.9 Å². The number of ether oxygens (including phenoxy) is 1. The average molecular weight is 510 g/mol. The number of esters is 1. The van der Waals surface area contributed by atoms with Crippen LogP contribution in [0.5, 0.6) is 0 Å². The summed E-state index contributed by atoms with van der Waals surface area (Å²) < 4.78 is 7.01. The predicted molar refractivity (Wildman–Crippen MR) is 109 cm³/mol. The zero-order chi connectivity index (χ0) is 20.6. The molecule has 0 saturated heterocycles. The van der Waals surface area contributed by atoms with Gasteiger partial charge >= 0.3 is 5.97 Å². The number of fused-ring (bicyclic) bond motifs is 5. The summed E-state index contributed by atoms with van der Waals surface area (Å²) in [6.07, 6.45) is -1.23. The van der Waals surface area contributed by atoms with Gasteiger partial charge in [-0.2, -0.15) is 0 Å². The van der Waals surface area contributed by atoms with Crippen LogP contribution in [-0.4, -0.2) is 22.0 Å². The summed E-state index contributed by atoms with van der Waals surface area (Å²) >= 11 is 6.71. The maximum absolute atomic E-state index is 13.2. The summed E-state index contributed by atoms with van der Waals surface area (Å²) in [5.41, 5.74) is -4.14. The molecule has 3 atom stereocenters. The quantitative estimate of drug-likeness (QED) is 0.565. The second-order valence-electron chi connectivity index (χ2n) is 8.26. The number of benzene rings is 2. The molecule has 2 aromatic carbocycles. The van der Waals surface area contributed by atoms with Gasteiger partial charge in [0.15, 0.2) is 17.3 Å². The first-order chi connectivity index (χ1) is 12.9. The van der Waals surface area contributed by atoms with Crippen LogP contribution in [0.1, 0.15) is 53.9 Å². The number of rotatable bonds is 1. The third-order valence-electron chi connectivity index (χ3n) is 5.42. The molecule has 0 spiro atoms. The van der Waals surface area contributed by atoms with Gasteiger partial charge in [0, 0.05) is 31.2 Å². The summed E-state index contributed by atoms with van der Waals surface area (Å²) in [4.78, 5) is 25.9. The van der Waals surface area contributed by atoms with E-state index in [1.54, 1.807) is 57.2 Å². The van der Waals surface area contributed by atoms with Crippen molar-refractivity contribution in [2.75, 3.05) is 0 Å². The van der Waals surface area contributed by atoms with Crippen molar-refractivity contribution in [1.82, 2.24) is 0 Å². The summed E-state index contributed by atoms with van der Waals surface area (Å²) in [6.45, 7) is 5.11. The number of hydrogen-bond donors (Lipinski definition) is 2. The molecule has 0 fully saturated rings. The Labute approximate surface area is 179 Å². The minimum Gasteiger partial charge on any atom is -0.453 e. The van der Waals surface area contributed by atoms with Gasteiger partial charge < -0.3 is 14.9 Å². The average Bonchev–Trinajstić information content (AvgIpc) is 2.90. The molecule has 0 amide bonds. The number of hydrogen-bond acceptors (Lipinski definition) is 5. The molecule has 0 aliphatic heterocycles. The summed E-state index contributed by atoms with van der Waals surface area (Å²) in [6, 6.07) is 9.77. The number of ketones is 1. The highest BCUT2D eigenvalue weighted by atomic mass is 79.9. The molecular formula is C21H18Br2O5. The Morgan fingerprint density at radius 2 is 1.61 bits per heavy atom. The third kappa shape index (κ3) is 2.36. The highest BCUT2D eigenvalue weighted by Crippen LogP contribution is 2.63. The molecule has 2 aromatic rings. The molecule has 0 heterocycles. The fourth-order valence-electron chi connectivity index (χ4n) is 3.98. The standard InChI is InChI=1S/C21H18Br2O5/c1-19(2,3)18(25)28-17-13-7-5-11(23)9-15(13)20(26)16(24)12-6-4-10(22)8-14(12)21(17,20)27/h4-9,17,26-27H,1-3H3/t17-,20-,21-/m1/s1. The van der Waals surface area contributed by atoms with Crippen LogP contribution in [0.25, 0.3) is 0 Å². The zero-order valence-corrected chi connectivity index (χ0v) is 18.6. The van der Waals surface area contributed by atoms with E-state index in [4.69, 9.17) is 4.74 Å². The van der Waals surface area contributed by atoms with Crippen LogP contribution in [0.2, 0.25) is 0 Å². The predicted octanol–water partition coefficient (Wildman–Crippen LogP) is 4.13. The van der Waals surface area contributed by atoms with Gasteiger partial charge in [-0.3, -0.25) is 9.59 Å². The first kappa shape index (κ1) is 19.8. The van der Waals surface area contributed by atoms with Gasteiger partial charge in [0.2, 0.25) is 5.78 Å². The lowest BCUT2D eigenvalue weighted by atomic mass is 9.82. The van der Waals surface area contributed by atoms with Crippen molar-refractivity contribution < 1.29 is 24.5 Å². The van der Waals surface area contributed by atoms with Gasteiger partial charge in [0.1, 0.15) is 0 Å². The van der Waals surface area contributed by atoms with E-state index in [0.29, 0.717) is 14.5 Å². The third-order valence-corrected chi connectivity index (χ3v) is 6.41.